The molecule has 10 heteroatoms. The van der Waals surface area contributed by atoms with Crippen molar-refractivity contribution in [1.29, 1.82) is 5.26 Å². The number of nitrogens with one attached hydrogen (secondary N) is 2. The Morgan fingerprint density at radius 3 is 2.79 bits per heavy atom. The summed E-state index contributed by atoms with van der Waals surface area (Å²) >= 11 is 0. The third kappa shape index (κ3) is 4.86. The maximum absolute atomic E-state index is 13.5. The first-order valence-electron chi connectivity index (χ1n) is 9.15. The monoisotopic (exact) mass is 406 g/mol. The van der Waals surface area contributed by atoms with E-state index >= 15 is 0 Å². The number of carbonyl (C=O) groups excluding carboxylic acids is 1. The van der Waals surface area contributed by atoms with E-state index in [9.17, 15) is 23.2 Å². The summed E-state index contributed by atoms with van der Waals surface area (Å²) in [5.74, 6) is -1.50. The lowest BCUT2D eigenvalue weighted by Gasteiger charge is -2.40. The molecule has 7 nitrogen and oxygen atoms in total. The minimum atomic E-state index is -4.33. The Morgan fingerprint density at radius 2 is 2.10 bits per heavy atom. The van der Waals surface area contributed by atoms with E-state index < -0.39 is 24.2 Å². The van der Waals surface area contributed by atoms with Gasteiger partial charge in [-0.1, -0.05) is 0 Å². The first-order valence-corrected chi connectivity index (χ1v) is 9.15. The smallest absolute Gasteiger partial charge is 0.369 e. The van der Waals surface area contributed by atoms with Crippen LogP contribution in [0.5, 0.6) is 0 Å². The number of fused-ring (bicyclic) bond motifs is 1. The van der Waals surface area contributed by atoms with Gasteiger partial charge in [0.2, 0.25) is 0 Å². The molecule has 1 aliphatic rings. The minimum absolute atomic E-state index is 0.0525. The van der Waals surface area contributed by atoms with Gasteiger partial charge in [0.25, 0.3) is 0 Å². The molecule has 3 rings (SSSR count). The number of halogens is 3. The van der Waals surface area contributed by atoms with Crippen molar-refractivity contribution in [1.82, 2.24) is 15.6 Å². The van der Waals surface area contributed by atoms with Crippen molar-refractivity contribution >= 4 is 22.6 Å². The highest BCUT2D eigenvalue weighted by atomic mass is 19.4. The zero-order valence-electron chi connectivity index (χ0n) is 15.5. The first kappa shape index (κ1) is 20.7. The maximum atomic E-state index is 13.5. The zero-order chi connectivity index (χ0) is 21.0. The highest BCUT2D eigenvalue weighted by Gasteiger charge is 2.44. The van der Waals surface area contributed by atoms with Crippen LogP contribution in [0.3, 0.4) is 0 Å². The van der Waals surface area contributed by atoms with Gasteiger partial charge in [-0.05, 0) is 30.7 Å². The number of urea groups is 1. The molecule has 0 spiro atoms. The Labute approximate surface area is 165 Å². The summed E-state index contributed by atoms with van der Waals surface area (Å²) < 4.78 is 40.6. The number of aromatic nitrogens is 1. The van der Waals surface area contributed by atoms with Crippen LogP contribution in [0.4, 0.5) is 23.7 Å². The number of hydrogen-bond acceptors (Lipinski definition) is 5. The zero-order valence-corrected chi connectivity index (χ0v) is 15.5. The minimum Gasteiger partial charge on any atom is -0.369 e. The molecule has 0 radical (unpaired) electrons. The highest BCUT2D eigenvalue weighted by molar-refractivity contribution is 5.95. The normalized spacial score (nSPS) is 19.7. The molecule has 0 aliphatic carbocycles. The molecule has 2 heterocycles. The fraction of sp³-hybridized carbons (Fsp3) is 0.421. The van der Waals surface area contributed by atoms with Crippen molar-refractivity contribution in [2.45, 2.75) is 18.6 Å². The average Bonchev–Trinajstić information content (AvgIpc) is 2.69. The number of pyridine rings is 1. The molecule has 1 aliphatic heterocycles. The maximum Gasteiger partial charge on any atom is 0.393 e. The summed E-state index contributed by atoms with van der Waals surface area (Å²) in [4.78, 5) is 16.7. The molecule has 4 N–H and O–H groups in total. The van der Waals surface area contributed by atoms with E-state index in [0.29, 0.717) is 35.2 Å². The molecule has 1 aromatic heterocycles. The van der Waals surface area contributed by atoms with Crippen LogP contribution >= 0.6 is 0 Å². The summed E-state index contributed by atoms with van der Waals surface area (Å²) in [7, 11) is 0. The standard InChI is InChI=1S/C19H21F3N6O/c20-19(21,22)13-8-14(25-6-7-27-18(24)29)11-28(10-13)16-4-3-12(9-23)17-15(16)2-1-5-26-17/h1-5,13-14,25H,6-8,10-11H2,(H3,24,27,29)/t13-,14+/m0/s1. The van der Waals surface area contributed by atoms with Gasteiger partial charge in [-0.15, -0.1) is 0 Å². The summed E-state index contributed by atoms with van der Waals surface area (Å²) in [5.41, 5.74) is 6.46. The van der Waals surface area contributed by atoms with Gasteiger partial charge in [-0.2, -0.15) is 18.4 Å². The molecule has 2 aromatic rings. The van der Waals surface area contributed by atoms with Gasteiger partial charge in [-0.25, -0.2) is 4.79 Å². The fourth-order valence-electron chi connectivity index (χ4n) is 3.67. The largest absolute Gasteiger partial charge is 0.393 e. The quantitative estimate of drug-likeness (QED) is 0.660. The van der Waals surface area contributed by atoms with Crippen molar-refractivity contribution in [3.05, 3.63) is 36.0 Å². The Bertz CT molecular complexity index is 926. The molecule has 1 aromatic carbocycles. The van der Waals surface area contributed by atoms with Gasteiger partial charge in [0.1, 0.15) is 6.07 Å². The fourth-order valence-corrected chi connectivity index (χ4v) is 3.67. The number of nitrogens with two attached hydrogens (primary N) is 1. The van der Waals surface area contributed by atoms with Crippen LogP contribution < -0.4 is 21.3 Å². The van der Waals surface area contributed by atoms with E-state index in [2.05, 4.69) is 21.7 Å². The molecule has 0 saturated carbocycles. The highest BCUT2D eigenvalue weighted by Crippen LogP contribution is 2.37. The lowest BCUT2D eigenvalue weighted by atomic mass is 9.92. The van der Waals surface area contributed by atoms with Gasteiger partial charge >= 0.3 is 12.2 Å². The number of hydrogen-bond donors (Lipinski definition) is 3. The average molecular weight is 406 g/mol. The molecule has 29 heavy (non-hydrogen) atoms. The van der Waals surface area contributed by atoms with Gasteiger partial charge < -0.3 is 21.3 Å². The lowest BCUT2D eigenvalue weighted by Crippen LogP contribution is -2.53. The molecule has 154 valence electrons. The Hall–Kier alpha value is -3.06. The van der Waals surface area contributed by atoms with E-state index in [4.69, 9.17) is 5.73 Å². The Balaban J connectivity index is 1.86. The van der Waals surface area contributed by atoms with Gasteiger partial charge in [0.05, 0.1) is 17.0 Å². The molecular weight excluding hydrogens is 385 g/mol. The number of nitriles is 1. The van der Waals surface area contributed by atoms with Crippen LogP contribution in [-0.2, 0) is 0 Å². The van der Waals surface area contributed by atoms with Crippen LogP contribution in [-0.4, -0.2) is 49.4 Å². The van der Waals surface area contributed by atoms with E-state index in [1.54, 1.807) is 35.4 Å². The number of carbonyl (C=O) groups is 1. The van der Waals surface area contributed by atoms with Gasteiger partial charge in [-0.3, -0.25) is 4.98 Å². The molecule has 2 amide bonds. The molecule has 0 unspecified atom stereocenters. The number of primary amides is 1. The molecule has 2 atom stereocenters. The van der Waals surface area contributed by atoms with Crippen molar-refractivity contribution in [2.75, 3.05) is 31.1 Å². The first-order chi connectivity index (χ1) is 13.8. The van der Waals surface area contributed by atoms with Crippen LogP contribution in [0.1, 0.15) is 12.0 Å². The summed E-state index contributed by atoms with van der Waals surface area (Å²) in [5, 5.41) is 15.4. The van der Waals surface area contributed by atoms with Crippen molar-refractivity contribution in [3.63, 3.8) is 0 Å². The van der Waals surface area contributed by atoms with E-state index in [1.165, 1.54) is 0 Å². The second-order valence-electron chi connectivity index (χ2n) is 6.96. The van der Waals surface area contributed by atoms with Crippen LogP contribution in [0.15, 0.2) is 30.5 Å². The second kappa shape index (κ2) is 8.53. The lowest BCUT2D eigenvalue weighted by molar-refractivity contribution is -0.177. The van der Waals surface area contributed by atoms with E-state index in [1.807, 2.05) is 0 Å². The molecule has 1 fully saturated rings. The number of benzene rings is 1. The Kier molecular flexibility index (Phi) is 6.08. The van der Waals surface area contributed by atoms with Crippen LogP contribution in [0, 0.1) is 17.2 Å². The van der Waals surface area contributed by atoms with E-state index in [-0.39, 0.29) is 19.5 Å². The summed E-state index contributed by atoms with van der Waals surface area (Å²) in [6.45, 7) is 0.726. The Morgan fingerprint density at radius 1 is 1.31 bits per heavy atom. The topological polar surface area (TPSA) is 107 Å². The number of alkyl halides is 3. The third-order valence-electron chi connectivity index (χ3n) is 4.98. The number of piperidine rings is 1. The predicted molar refractivity (Wildman–Crippen MR) is 102 cm³/mol. The summed E-state index contributed by atoms with van der Waals surface area (Å²) in [6.07, 6.45) is -2.83. The molecule has 1 saturated heterocycles. The molecular formula is C19H21F3N6O. The second-order valence-corrected chi connectivity index (χ2v) is 6.96. The van der Waals surface area contributed by atoms with Crippen molar-refractivity contribution in [3.8, 4) is 6.07 Å². The van der Waals surface area contributed by atoms with Crippen LogP contribution in [0.25, 0.3) is 10.9 Å². The SMILES string of the molecule is N#Cc1ccc(N2C[C@H](NCCNC(N)=O)C[C@H](C(F)(F)F)C2)c2cccnc12. The van der Waals surface area contributed by atoms with Crippen LogP contribution in [0.2, 0.25) is 0 Å². The third-order valence-corrected chi connectivity index (χ3v) is 4.98. The number of rotatable bonds is 5. The van der Waals surface area contributed by atoms with Crippen molar-refractivity contribution < 1.29 is 18.0 Å². The predicted octanol–water partition coefficient (Wildman–Crippen LogP) is 2.12. The number of anilines is 1. The number of nitrogens with zero attached hydrogens (tertiary/aromatic N) is 3. The molecule has 0 bridgehead atoms. The van der Waals surface area contributed by atoms with E-state index in [0.717, 1.165) is 0 Å². The summed E-state index contributed by atoms with van der Waals surface area (Å²) in [6, 6.07) is 7.68. The van der Waals surface area contributed by atoms with Gasteiger partial charge in [0, 0.05) is 49.5 Å². The van der Waals surface area contributed by atoms with Crippen molar-refractivity contribution in [2.24, 2.45) is 11.7 Å². The van der Waals surface area contributed by atoms with Gasteiger partial charge in [0.15, 0.2) is 0 Å². The number of amides is 2.